The largest absolute Gasteiger partial charge is 0.332 e. The number of nitrogens with zero attached hydrogens (tertiary/aromatic N) is 4. The molecule has 1 aliphatic heterocycles. The lowest BCUT2D eigenvalue weighted by atomic mass is 10.0. The van der Waals surface area contributed by atoms with Crippen LogP contribution in [0, 0.1) is 0 Å². The van der Waals surface area contributed by atoms with Crippen molar-refractivity contribution in [3.8, 4) is 0 Å². The molecule has 25 heavy (non-hydrogen) atoms. The Hall–Kier alpha value is -1.60. The smallest absolute Gasteiger partial charge is 0.303 e. The highest BCUT2D eigenvalue weighted by Crippen LogP contribution is 2.32. The second-order valence-electron chi connectivity index (χ2n) is 7.00. The molecule has 7 heteroatoms. The summed E-state index contributed by atoms with van der Waals surface area (Å²) in [5.74, 6) is 1.21. The Balaban J connectivity index is 2.07. The fraction of sp³-hybridized carbons (Fsp3) is 0.611. The highest BCUT2D eigenvalue weighted by Gasteiger charge is 2.19. The second-order valence-corrected chi connectivity index (χ2v) is 8.10. The summed E-state index contributed by atoms with van der Waals surface area (Å²) < 4.78 is 2.64. The highest BCUT2D eigenvalue weighted by molar-refractivity contribution is 7.99. The summed E-state index contributed by atoms with van der Waals surface area (Å²) in [6.45, 7) is 7.59. The van der Waals surface area contributed by atoms with Gasteiger partial charge in [0.2, 0.25) is 0 Å². The number of aromatic nitrogens is 3. The normalized spacial score (nSPS) is 15.6. The number of rotatable bonds is 5. The first-order valence-electron chi connectivity index (χ1n) is 8.85. The lowest BCUT2D eigenvalue weighted by Gasteiger charge is -2.18. The van der Waals surface area contributed by atoms with Crippen LogP contribution in [-0.2, 0) is 14.1 Å². The SMILES string of the molecule is CC(C)c1cnc2c(c1SCCN1CCCC1)c(=O)n(C)c(=O)n2C. The molecular formula is C18H26N4O2S. The molecule has 0 aliphatic carbocycles. The molecule has 0 amide bonds. The van der Waals surface area contributed by atoms with E-state index in [0.717, 1.165) is 22.8 Å². The Morgan fingerprint density at radius 1 is 1.16 bits per heavy atom. The van der Waals surface area contributed by atoms with Gasteiger partial charge in [-0.2, -0.15) is 0 Å². The molecule has 1 fully saturated rings. The van der Waals surface area contributed by atoms with E-state index in [4.69, 9.17) is 0 Å². The minimum atomic E-state index is -0.338. The number of pyridine rings is 1. The standard InChI is InChI=1S/C18H26N4O2S/c1-12(2)13-11-19-16-14(17(23)21(4)18(24)20(16)3)15(13)25-10-9-22-7-5-6-8-22/h11-12H,5-10H2,1-4H3. The van der Waals surface area contributed by atoms with E-state index in [1.165, 1.54) is 42.1 Å². The zero-order chi connectivity index (χ0) is 18.1. The van der Waals surface area contributed by atoms with Crippen molar-refractivity contribution in [2.24, 2.45) is 14.1 Å². The van der Waals surface area contributed by atoms with Crippen molar-refractivity contribution in [2.75, 3.05) is 25.4 Å². The average Bonchev–Trinajstić information content (AvgIpc) is 3.10. The molecule has 3 rings (SSSR count). The zero-order valence-corrected chi connectivity index (χ0v) is 16.2. The molecule has 0 saturated carbocycles. The molecule has 0 bridgehead atoms. The molecule has 0 aromatic carbocycles. The molecule has 0 unspecified atom stereocenters. The monoisotopic (exact) mass is 362 g/mol. The van der Waals surface area contributed by atoms with Crippen LogP contribution >= 0.6 is 11.8 Å². The lowest BCUT2D eigenvalue weighted by molar-refractivity contribution is 0.362. The van der Waals surface area contributed by atoms with Crippen LogP contribution < -0.4 is 11.2 Å². The lowest BCUT2D eigenvalue weighted by Crippen LogP contribution is -2.37. The van der Waals surface area contributed by atoms with E-state index in [1.54, 1.807) is 18.8 Å². The van der Waals surface area contributed by atoms with Crippen LogP contribution in [0.2, 0.25) is 0 Å². The van der Waals surface area contributed by atoms with Gasteiger partial charge in [-0.3, -0.25) is 13.9 Å². The summed E-state index contributed by atoms with van der Waals surface area (Å²) in [7, 11) is 3.20. The molecule has 3 heterocycles. The van der Waals surface area contributed by atoms with Gasteiger partial charge in [0.1, 0.15) is 5.65 Å². The number of thioether (sulfide) groups is 1. The first-order chi connectivity index (χ1) is 11.9. The predicted molar refractivity (Wildman–Crippen MR) is 103 cm³/mol. The molecule has 1 aliphatic rings. The number of hydrogen-bond donors (Lipinski definition) is 0. The summed E-state index contributed by atoms with van der Waals surface area (Å²) >= 11 is 1.72. The fourth-order valence-corrected chi connectivity index (χ4v) is 4.70. The van der Waals surface area contributed by atoms with Gasteiger partial charge in [-0.25, -0.2) is 9.78 Å². The second kappa shape index (κ2) is 7.33. The van der Waals surface area contributed by atoms with Gasteiger partial charge in [-0.15, -0.1) is 11.8 Å². The van der Waals surface area contributed by atoms with Crippen LogP contribution in [0.25, 0.3) is 11.0 Å². The molecule has 1 saturated heterocycles. The Kier molecular flexibility index (Phi) is 5.34. The van der Waals surface area contributed by atoms with E-state index >= 15 is 0 Å². The number of aryl methyl sites for hydroxylation is 1. The average molecular weight is 362 g/mol. The molecule has 0 atom stereocenters. The van der Waals surface area contributed by atoms with Crippen molar-refractivity contribution in [1.82, 2.24) is 19.0 Å². The van der Waals surface area contributed by atoms with Crippen LogP contribution in [0.15, 0.2) is 20.7 Å². The van der Waals surface area contributed by atoms with Gasteiger partial charge in [-0.1, -0.05) is 13.8 Å². The Morgan fingerprint density at radius 3 is 2.48 bits per heavy atom. The van der Waals surface area contributed by atoms with Crippen molar-refractivity contribution in [2.45, 2.75) is 37.5 Å². The van der Waals surface area contributed by atoms with Gasteiger partial charge >= 0.3 is 5.69 Å². The Morgan fingerprint density at radius 2 is 1.84 bits per heavy atom. The Labute approximate surface area is 151 Å². The minimum Gasteiger partial charge on any atom is -0.303 e. The summed E-state index contributed by atoms with van der Waals surface area (Å²) in [5, 5.41) is 0.572. The topological polar surface area (TPSA) is 60.1 Å². The van der Waals surface area contributed by atoms with Gasteiger partial charge in [0.25, 0.3) is 5.56 Å². The van der Waals surface area contributed by atoms with Crippen molar-refractivity contribution in [3.63, 3.8) is 0 Å². The molecule has 2 aromatic heterocycles. The van der Waals surface area contributed by atoms with E-state index in [1.807, 2.05) is 6.20 Å². The van der Waals surface area contributed by atoms with Gasteiger partial charge in [0.15, 0.2) is 0 Å². The Bertz CT molecular complexity index is 895. The van der Waals surface area contributed by atoms with E-state index < -0.39 is 0 Å². The van der Waals surface area contributed by atoms with Crippen LogP contribution in [0.4, 0.5) is 0 Å². The summed E-state index contributed by atoms with van der Waals surface area (Å²) in [5.41, 5.74) is 0.961. The first kappa shape index (κ1) is 18.2. The van der Waals surface area contributed by atoms with Crippen molar-refractivity contribution in [3.05, 3.63) is 32.6 Å². The maximum atomic E-state index is 12.8. The molecule has 2 aromatic rings. The van der Waals surface area contributed by atoms with Crippen LogP contribution in [0.1, 0.15) is 38.2 Å². The van der Waals surface area contributed by atoms with E-state index in [9.17, 15) is 9.59 Å². The zero-order valence-electron chi connectivity index (χ0n) is 15.4. The maximum Gasteiger partial charge on any atom is 0.332 e. The van der Waals surface area contributed by atoms with Gasteiger partial charge < -0.3 is 4.90 Å². The molecule has 0 spiro atoms. The van der Waals surface area contributed by atoms with Gasteiger partial charge in [0, 0.05) is 37.5 Å². The summed E-state index contributed by atoms with van der Waals surface area (Å²) in [6.07, 6.45) is 4.38. The molecule has 136 valence electrons. The fourth-order valence-electron chi connectivity index (χ4n) is 3.37. The first-order valence-corrected chi connectivity index (χ1v) is 9.84. The van der Waals surface area contributed by atoms with Crippen LogP contribution in [0.5, 0.6) is 0 Å². The third kappa shape index (κ3) is 3.40. The maximum absolute atomic E-state index is 12.8. The number of hydrogen-bond acceptors (Lipinski definition) is 5. The summed E-state index contributed by atoms with van der Waals surface area (Å²) in [4.78, 5) is 32.9. The minimum absolute atomic E-state index is 0.253. The third-order valence-electron chi connectivity index (χ3n) is 4.92. The quantitative estimate of drug-likeness (QED) is 0.761. The van der Waals surface area contributed by atoms with E-state index in [2.05, 4.69) is 23.7 Å². The number of fused-ring (bicyclic) bond motifs is 1. The van der Waals surface area contributed by atoms with Gasteiger partial charge in [-0.05, 0) is 37.4 Å². The molecule has 0 N–H and O–H groups in total. The third-order valence-corrected chi connectivity index (χ3v) is 6.04. The van der Waals surface area contributed by atoms with Crippen molar-refractivity contribution >= 4 is 22.8 Å². The van der Waals surface area contributed by atoms with Crippen LogP contribution in [-0.4, -0.2) is 44.4 Å². The molecule has 6 nitrogen and oxygen atoms in total. The summed E-state index contributed by atoms with van der Waals surface area (Å²) in [6, 6.07) is 0. The molecular weight excluding hydrogens is 336 g/mol. The van der Waals surface area contributed by atoms with Crippen molar-refractivity contribution in [1.29, 1.82) is 0 Å². The van der Waals surface area contributed by atoms with Crippen LogP contribution in [0.3, 0.4) is 0 Å². The predicted octanol–water partition coefficient (Wildman–Crippen LogP) is 1.94. The van der Waals surface area contributed by atoms with Crippen molar-refractivity contribution < 1.29 is 0 Å². The molecule has 0 radical (unpaired) electrons. The highest BCUT2D eigenvalue weighted by atomic mass is 32.2. The van der Waals surface area contributed by atoms with E-state index in [0.29, 0.717) is 11.0 Å². The van der Waals surface area contributed by atoms with Gasteiger partial charge in [0.05, 0.1) is 5.39 Å². The number of likely N-dealkylation sites (tertiary alicyclic amines) is 1. The van der Waals surface area contributed by atoms with E-state index in [-0.39, 0.29) is 17.2 Å².